The van der Waals surface area contributed by atoms with Crippen LogP contribution in [0.3, 0.4) is 0 Å². The number of rotatable bonds is 38. The Morgan fingerprint density at radius 1 is 0.566 bits per heavy atom. The van der Waals surface area contributed by atoms with Crippen LogP contribution >= 0.6 is 0 Å². The summed E-state index contributed by atoms with van der Waals surface area (Å²) < 4.78 is 17.2. The molecule has 0 amide bonds. The number of carboxylic acids is 1. The van der Waals surface area contributed by atoms with Gasteiger partial charge in [0.05, 0.1) is 34.4 Å². The van der Waals surface area contributed by atoms with Gasteiger partial charge in [0.2, 0.25) is 0 Å². The van der Waals surface area contributed by atoms with E-state index in [0.29, 0.717) is 19.3 Å². The van der Waals surface area contributed by atoms with Crippen molar-refractivity contribution in [3.63, 3.8) is 0 Å². The molecule has 0 aliphatic rings. The fourth-order valence-electron chi connectivity index (χ4n) is 6.16. The minimum Gasteiger partial charge on any atom is -0.477 e. The van der Waals surface area contributed by atoms with Gasteiger partial charge in [-0.1, -0.05) is 147 Å². The fraction of sp³-hybridized carbons (Fsp3) is 0.800. The minimum absolute atomic E-state index is 0.0543. The number of ether oxygens (including phenoxy) is 3. The van der Waals surface area contributed by atoms with Gasteiger partial charge >= 0.3 is 17.9 Å². The molecule has 0 aliphatic heterocycles. The number of hydrogen-bond donors (Lipinski definition) is 1. The minimum atomic E-state index is -0.878. The van der Waals surface area contributed by atoms with Crippen molar-refractivity contribution in [1.29, 1.82) is 0 Å². The van der Waals surface area contributed by atoms with Gasteiger partial charge in [-0.2, -0.15) is 0 Å². The molecule has 8 nitrogen and oxygen atoms in total. The Bertz CT molecular complexity index is 968. The summed E-state index contributed by atoms with van der Waals surface area (Å²) in [5, 5.41) is 9.60. The summed E-state index contributed by atoms with van der Waals surface area (Å²) in [6.07, 6.45) is 40.4. The molecule has 1 N–H and O–H groups in total. The summed E-state index contributed by atoms with van der Waals surface area (Å²) in [4.78, 5) is 36.9. The lowest BCUT2D eigenvalue weighted by atomic mass is 10.1. The normalized spacial score (nSPS) is 13.3. The largest absolute Gasteiger partial charge is 0.477 e. The van der Waals surface area contributed by atoms with Crippen molar-refractivity contribution in [1.82, 2.24) is 0 Å². The van der Waals surface area contributed by atoms with E-state index in [1.54, 1.807) is 0 Å². The van der Waals surface area contributed by atoms with Crippen LogP contribution in [-0.2, 0) is 28.6 Å². The molecule has 0 saturated carbocycles. The Kier molecular flexibility index (Phi) is 34.8. The third kappa shape index (κ3) is 35.0. The quantitative estimate of drug-likeness (QED) is 0.0290. The molecule has 0 saturated heterocycles. The number of nitrogens with zero attached hydrogens (tertiary/aromatic N) is 1. The predicted octanol–water partition coefficient (Wildman–Crippen LogP) is 11.5. The van der Waals surface area contributed by atoms with Crippen LogP contribution in [0.15, 0.2) is 36.5 Å². The lowest BCUT2D eigenvalue weighted by Gasteiger charge is -2.31. The van der Waals surface area contributed by atoms with Crippen LogP contribution in [0.2, 0.25) is 0 Å². The highest BCUT2D eigenvalue weighted by Crippen LogP contribution is 2.14. The molecule has 0 spiro atoms. The molecule has 0 heterocycles. The molecule has 0 aromatic heterocycles. The Hall–Kier alpha value is -2.45. The zero-order valence-corrected chi connectivity index (χ0v) is 35.0. The molecule has 0 aliphatic carbocycles. The van der Waals surface area contributed by atoms with Crippen molar-refractivity contribution in [3.8, 4) is 0 Å². The number of esters is 2. The number of aliphatic carboxylic acids is 1. The summed E-state index contributed by atoms with van der Waals surface area (Å²) in [6.45, 7) is 4.68. The smallest absolute Gasteiger partial charge is 0.362 e. The molecule has 2 unspecified atom stereocenters. The highest BCUT2D eigenvalue weighted by Gasteiger charge is 2.31. The maximum absolute atomic E-state index is 12.7. The standard InChI is InChI=1S/C45H81NO7/c1-6-8-10-12-14-16-18-19-20-21-22-23-24-25-26-28-30-32-34-36-44(48)53-41(39-51-38-37-42(45(49)50)46(3,4)5)40-52-43(47)35-33-31-29-27-17-15-13-11-9-7-2/h14,16,19-20,22-23,41-42H,6-13,15,17-18,21,24-40H2,1-5H3/p+1/b16-14-,20-19-,23-22-. The molecule has 308 valence electrons. The molecule has 0 aromatic carbocycles. The number of carbonyl (C=O) groups excluding carboxylic acids is 2. The summed E-state index contributed by atoms with van der Waals surface area (Å²) in [6, 6.07) is -0.615. The second kappa shape index (κ2) is 36.5. The van der Waals surface area contributed by atoms with E-state index in [1.165, 1.54) is 83.5 Å². The Balaban J connectivity index is 4.35. The van der Waals surface area contributed by atoms with Crippen molar-refractivity contribution >= 4 is 17.9 Å². The Morgan fingerprint density at radius 2 is 1.00 bits per heavy atom. The Morgan fingerprint density at radius 3 is 1.51 bits per heavy atom. The third-order valence-electron chi connectivity index (χ3n) is 9.54. The van der Waals surface area contributed by atoms with E-state index in [4.69, 9.17) is 14.2 Å². The van der Waals surface area contributed by atoms with E-state index in [0.717, 1.165) is 64.2 Å². The highest BCUT2D eigenvalue weighted by atomic mass is 16.6. The van der Waals surface area contributed by atoms with Gasteiger partial charge in [0.25, 0.3) is 0 Å². The molecule has 2 atom stereocenters. The van der Waals surface area contributed by atoms with Crippen LogP contribution in [0, 0.1) is 0 Å². The van der Waals surface area contributed by atoms with Crippen molar-refractivity contribution < 1.29 is 38.2 Å². The fourth-order valence-corrected chi connectivity index (χ4v) is 6.16. The SMILES string of the molecule is CCCCC/C=C\C/C=C\C/C=C\CCCCCCCCC(=O)OC(COCCC(C(=O)O)[N+](C)(C)C)COC(=O)CCCCCCCCCCCC. The van der Waals surface area contributed by atoms with E-state index in [9.17, 15) is 19.5 Å². The second-order valence-corrected chi connectivity index (χ2v) is 15.6. The number of carboxylic acid groups (broad SMARTS) is 1. The molecular weight excluding hydrogens is 666 g/mol. The van der Waals surface area contributed by atoms with Gasteiger partial charge in [-0.05, 0) is 51.4 Å². The molecule has 53 heavy (non-hydrogen) atoms. The zero-order chi connectivity index (χ0) is 39.3. The van der Waals surface area contributed by atoms with E-state index in [1.807, 2.05) is 21.1 Å². The van der Waals surface area contributed by atoms with Gasteiger partial charge in [0.1, 0.15) is 6.61 Å². The first-order valence-electron chi connectivity index (χ1n) is 21.5. The van der Waals surface area contributed by atoms with E-state index >= 15 is 0 Å². The van der Waals surface area contributed by atoms with Crippen LogP contribution in [0.1, 0.15) is 181 Å². The first-order valence-corrected chi connectivity index (χ1v) is 21.5. The lowest BCUT2D eigenvalue weighted by molar-refractivity contribution is -0.887. The molecular formula is C45H82NO7+. The van der Waals surface area contributed by atoms with Crippen molar-refractivity contribution in [2.24, 2.45) is 0 Å². The predicted molar refractivity (Wildman–Crippen MR) is 220 cm³/mol. The number of carbonyl (C=O) groups is 3. The lowest BCUT2D eigenvalue weighted by Crippen LogP contribution is -2.50. The van der Waals surface area contributed by atoms with Crippen LogP contribution in [0.5, 0.6) is 0 Å². The van der Waals surface area contributed by atoms with Crippen molar-refractivity contribution in [2.45, 2.75) is 193 Å². The van der Waals surface area contributed by atoms with Gasteiger partial charge in [-0.25, -0.2) is 4.79 Å². The summed E-state index contributed by atoms with van der Waals surface area (Å²) in [5.74, 6) is -1.48. The molecule has 0 fully saturated rings. The van der Waals surface area contributed by atoms with E-state index < -0.39 is 18.1 Å². The van der Waals surface area contributed by atoms with E-state index in [2.05, 4.69) is 50.3 Å². The first-order chi connectivity index (χ1) is 25.6. The molecule has 0 bridgehead atoms. The maximum atomic E-state index is 12.7. The molecule has 0 aromatic rings. The average Bonchev–Trinajstić information content (AvgIpc) is 3.11. The van der Waals surface area contributed by atoms with Gasteiger partial charge in [0, 0.05) is 19.3 Å². The van der Waals surface area contributed by atoms with Gasteiger partial charge < -0.3 is 23.8 Å². The van der Waals surface area contributed by atoms with Crippen LogP contribution < -0.4 is 0 Å². The molecule has 8 heteroatoms. The maximum Gasteiger partial charge on any atom is 0.362 e. The monoisotopic (exact) mass is 749 g/mol. The number of likely N-dealkylation sites (N-methyl/N-ethyl adjacent to an activating group) is 1. The van der Waals surface area contributed by atoms with E-state index in [-0.39, 0.29) is 36.2 Å². The molecule has 0 radical (unpaired) electrons. The first kappa shape index (κ1) is 50.5. The van der Waals surface area contributed by atoms with Crippen LogP contribution in [0.25, 0.3) is 0 Å². The zero-order valence-electron chi connectivity index (χ0n) is 35.0. The number of quaternary nitrogens is 1. The third-order valence-corrected chi connectivity index (χ3v) is 9.54. The second-order valence-electron chi connectivity index (χ2n) is 15.6. The number of unbranched alkanes of at least 4 members (excludes halogenated alkanes) is 18. The van der Waals surface area contributed by atoms with Crippen molar-refractivity contribution in [3.05, 3.63) is 36.5 Å². The highest BCUT2D eigenvalue weighted by molar-refractivity contribution is 5.72. The topological polar surface area (TPSA) is 99.1 Å². The van der Waals surface area contributed by atoms with Gasteiger partial charge in [-0.15, -0.1) is 0 Å². The average molecular weight is 749 g/mol. The van der Waals surface area contributed by atoms with Crippen LogP contribution in [-0.4, -0.2) is 80.6 Å². The summed E-state index contributed by atoms with van der Waals surface area (Å²) in [7, 11) is 5.52. The summed E-state index contributed by atoms with van der Waals surface area (Å²) in [5.41, 5.74) is 0. The molecule has 0 rings (SSSR count). The Labute approximate surface area is 325 Å². The van der Waals surface area contributed by atoms with Gasteiger partial charge in [-0.3, -0.25) is 9.59 Å². The van der Waals surface area contributed by atoms with Gasteiger partial charge in [0.15, 0.2) is 12.1 Å². The number of hydrogen-bond acceptors (Lipinski definition) is 6. The van der Waals surface area contributed by atoms with Crippen LogP contribution in [0.4, 0.5) is 0 Å². The van der Waals surface area contributed by atoms with Crippen molar-refractivity contribution in [2.75, 3.05) is 41.0 Å². The summed E-state index contributed by atoms with van der Waals surface area (Å²) >= 11 is 0. The number of allylic oxidation sites excluding steroid dienone is 6.